The quantitative estimate of drug-likeness (QED) is 0.289. The van der Waals surface area contributed by atoms with Crippen molar-refractivity contribution in [2.24, 2.45) is 0 Å². The third-order valence-corrected chi connectivity index (χ3v) is 29.1. The molecule has 0 aliphatic heterocycles. The molecule has 0 aliphatic carbocycles. The van der Waals surface area contributed by atoms with Crippen molar-refractivity contribution in [1.29, 1.82) is 0 Å². The van der Waals surface area contributed by atoms with Crippen LogP contribution in [0.2, 0.25) is 61.4 Å². The lowest BCUT2D eigenvalue weighted by atomic mass is 10.5. The Hall–Kier alpha value is -0.892. The lowest BCUT2D eigenvalue weighted by Gasteiger charge is -2.51. The van der Waals surface area contributed by atoms with Crippen molar-refractivity contribution in [2.75, 3.05) is 0 Å². The first-order valence-electron chi connectivity index (χ1n) is 11.5. The monoisotopic (exact) mass is 470 g/mol. The molecule has 4 heteroatoms. The molecular formula is C26H46Si4. The molecule has 30 heavy (non-hydrogen) atoms. The van der Waals surface area contributed by atoms with E-state index in [9.17, 15) is 0 Å². The Kier molecular flexibility index (Phi) is 10.8. The standard InChI is InChI=1S/C26H46Si4/c1-23(2)29(24(3)4,21-17-15-19-27(9,10)11)30(25(5)6,26(7)8)22-18-16-20-28(12,13)14/h23-26H,1-14H3. The number of rotatable bonds is 5. The van der Waals surface area contributed by atoms with Gasteiger partial charge < -0.3 is 0 Å². The number of hydrogen-bond donors (Lipinski definition) is 0. The summed E-state index contributed by atoms with van der Waals surface area (Å²) in [5.41, 5.74) is 16.9. The van der Waals surface area contributed by atoms with E-state index in [2.05, 4.69) is 141 Å². The summed E-state index contributed by atoms with van der Waals surface area (Å²) < 4.78 is 0. The van der Waals surface area contributed by atoms with E-state index in [1.807, 2.05) is 0 Å². The zero-order chi connectivity index (χ0) is 24.0. The van der Waals surface area contributed by atoms with Gasteiger partial charge in [0.25, 0.3) is 0 Å². The summed E-state index contributed by atoms with van der Waals surface area (Å²) in [6, 6.07) is 0. The van der Waals surface area contributed by atoms with E-state index in [4.69, 9.17) is 0 Å². The second kappa shape index (κ2) is 11.1. The summed E-state index contributed by atoms with van der Waals surface area (Å²) in [5.74, 6) is 13.3. The van der Waals surface area contributed by atoms with Gasteiger partial charge in [-0.25, -0.2) is 0 Å². The normalized spacial score (nSPS) is 12.5. The highest BCUT2D eigenvalue weighted by Gasteiger charge is 2.61. The Morgan fingerprint density at radius 1 is 0.367 bits per heavy atom. The molecule has 0 atom stereocenters. The summed E-state index contributed by atoms with van der Waals surface area (Å²) in [6.45, 7) is 32.9. The van der Waals surface area contributed by atoms with Crippen molar-refractivity contribution in [3.63, 3.8) is 0 Å². The van der Waals surface area contributed by atoms with E-state index in [0.717, 1.165) is 0 Å². The minimum absolute atomic E-state index is 0.550. The molecule has 0 bridgehead atoms. The van der Waals surface area contributed by atoms with Crippen molar-refractivity contribution in [2.45, 2.75) is 117 Å². The molecule has 0 saturated heterocycles. The maximum Gasteiger partial charge on any atom is 0.151 e. The van der Waals surface area contributed by atoms with Crippen LogP contribution in [0.3, 0.4) is 0 Å². The van der Waals surface area contributed by atoms with Gasteiger partial charge in [0.2, 0.25) is 0 Å². The van der Waals surface area contributed by atoms with E-state index in [-0.39, 0.29) is 0 Å². The SMILES string of the molecule is CC(C)[Si](C#CC#C[Si](C)(C)C)(C(C)C)[Si](C#CC#C[Si](C)(C)C)(C(C)C)C(C)C. The van der Waals surface area contributed by atoms with Gasteiger partial charge in [-0.2, -0.15) is 0 Å². The van der Waals surface area contributed by atoms with E-state index in [1.165, 1.54) is 0 Å². The Bertz CT molecular complexity index is 729. The van der Waals surface area contributed by atoms with Crippen molar-refractivity contribution >= 4 is 31.3 Å². The molecule has 0 N–H and O–H groups in total. The van der Waals surface area contributed by atoms with E-state index in [1.54, 1.807) is 0 Å². The van der Waals surface area contributed by atoms with Crippen LogP contribution in [-0.2, 0) is 0 Å². The fourth-order valence-electron chi connectivity index (χ4n) is 4.74. The summed E-state index contributed by atoms with van der Waals surface area (Å²) in [7, 11) is -7.02. The molecule has 0 radical (unpaired) electrons. The highest BCUT2D eigenvalue weighted by atomic mass is 29.3. The maximum atomic E-state index is 3.92. The summed E-state index contributed by atoms with van der Waals surface area (Å²) in [5, 5.41) is 0. The lowest BCUT2D eigenvalue weighted by Crippen LogP contribution is -2.68. The molecule has 0 amide bonds. The van der Waals surface area contributed by atoms with Gasteiger partial charge in [0, 0.05) is 0 Å². The minimum atomic E-state index is -2.09. The van der Waals surface area contributed by atoms with Crippen LogP contribution in [0.5, 0.6) is 0 Å². The fraction of sp³-hybridized carbons (Fsp3) is 0.692. The summed E-state index contributed by atoms with van der Waals surface area (Å²) in [4.78, 5) is 0. The molecule has 166 valence electrons. The van der Waals surface area contributed by atoms with Crippen LogP contribution in [0.1, 0.15) is 55.4 Å². The molecule has 0 rings (SSSR count). The zero-order valence-electron chi connectivity index (χ0n) is 22.3. The van der Waals surface area contributed by atoms with Gasteiger partial charge >= 0.3 is 0 Å². The van der Waals surface area contributed by atoms with E-state index < -0.39 is 31.3 Å². The first-order chi connectivity index (χ1) is 13.4. The molecule has 0 unspecified atom stereocenters. The lowest BCUT2D eigenvalue weighted by molar-refractivity contribution is 0.888. The van der Waals surface area contributed by atoms with Crippen LogP contribution in [0, 0.1) is 45.9 Å². The Labute approximate surface area is 193 Å². The average molecular weight is 471 g/mol. The zero-order valence-corrected chi connectivity index (χ0v) is 26.3. The first kappa shape index (κ1) is 29.1. The Morgan fingerprint density at radius 3 is 0.733 bits per heavy atom. The van der Waals surface area contributed by atoms with Crippen molar-refractivity contribution < 1.29 is 0 Å². The Morgan fingerprint density at radius 2 is 0.567 bits per heavy atom. The van der Waals surface area contributed by atoms with Crippen LogP contribution < -0.4 is 0 Å². The summed E-state index contributed by atoms with van der Waals surface area (Å²) in [6.07, 6.45) is 0. The smallest absolute Gasteiger partial charge is 0.119 e. The molecule has 0 fully saturated rings. The van der Waals surface area contributed by atoms with Crippen LogP contribution in [0.4, 0.5) is 0 Å². The second-order valence-electron chi connectivity index (χ2n) is 11.9. The van der Waals surface area contributed by atoms with Gasteiger partial charge in [0.1, 0.15) is 16.1 Å². The molecule has 0 heterocycles. The predicted octanol–water partition coefficient (Wildman–Crippen LogP) is 7.45. The molecule has 0 spiro atoms. The molecule has 0 saturated carbocycles. The average Bonchev–Trinajstić information content (AvgIpc) is 2.52. The molecule has 0 aliphatic rings. The molecular weight excluding hydrogens is 425 g/mol. The van der Waals surface area contributed by atoms with Gasteiger partial charge in [-0.15, -0.1) is 22.2 Å². The van der Waals surface area contributed by atoms with Gasteiger partial charge in [-0.1, -0.05) is 94.7 Å². The second-order valence-corrected chi connectivity index (χ2v) is 34.9. The van der Waals surface area contributed by atoms with Gasteiger partial charge in [-0.05, 0) is 45.8 Å². The van der Waals surface area contributed by atoms with Crippen LogP contribution >= 0.6 is 0 Å². The van der Waals surface area contributed by atoms with Crippen molar-refractivity contribution in [3.05, 3.63) is 0 Å². The Balaban J connectivity index is 7.10. The van der Waals surface area contributed by atoms with Crippen molar-refractivity contribution in [3.8, 4) is 45.9 Å². The topological polar surface area (TPSA) is 0 Å². The van der Waals surface area contributed by atoms with Gasteiger partial charge in [0.15, 0.2) is 15.2 Å². The fourth-order valence-corrected chi connectivity index (χ4v) is 27.3. The number of hydrogen-bond acceptors (Lipinski definition) is 0. The molecule has 0 nitrogen and oxygen atoms in total. The van der Waals surface area contributed by atoms with Gasteiger partial charge in [-0.3, -0.25) is 0 Å². The van der Waals surface area contributed by atoms with Crippen molar-refractivity contribution in [1.82, 2.24) is 0 Å². The summed E-state index contributed by atoms with van der Waals surface area (Å²) >= 11 is 0. The van der Waals surface area contributed by atoms with E-state index >= 15 is 0 Å². The molecule has 0 aromatic heterocycles. The van der Waals surface area contributed by atoms with Crippen LogP contribution in [-0.4, -0.2) is 31.3 Å². The largest absolute Gasteiger partial charge is 0.151 e. The first-order valence-corrected chi connectivity index (χ1v) is 23.8. The third kappa shape index (κ3) is 7.36. The third-order valence-electron chi connectivity index (χ3n) is 5.87. The maximum absolute atomic E-state index is 3.92. The predicted molar refractivity (Wildman–Crippen MR) is 150 cm³/mol. The van der Waals surface area contributed by atoms with Gasteiger partial charge in [0.05, 0.1) is 0 Å². The highest BCUT2D eigenvalue weighted by molar-refractivity contribution is 7.50. The highest BCUT2D eigenvalue weighted by Crippen LogP contribution is 2.49. The minimum Gasteiger partial charge on any atom is -0.119 e. The molecule has 0 aromatic carbocycles. The van der Waals surface area contributed by atoms with E-state index in [0.29, 0.717) is 22.2 Å². The molecule has 0 aromatic rings. The van der Waals surface area contributed by atoms with Crippen LogP contribution in [0.15, 0.2) is 0 Å². The van der Waals surface area contributed by atoms with Crippen LogP contribution in [0.25, 0.3) is 0 Å².